The molecule has 1 aliphatic rings. The van der Waals surface area contributed by atoms with Crippen molar-refractivity contribution in [1.29, 1.82) is 0 Å². The molecule has 1 aromatic rings. The molecule has 0 bridgehead atoms. The number of β-amino-alcohol motifs (C(OH)–C–C–N with tert-alkyl or cyclic N) is 1. The lowest BCUT2D eigenvalue weighted by molar-refractivity contribution is -0.137. The Bertz CT molecular complexity index is 586. The molecule has 0 aromatic heterocycles. The maximum atomic E-state index is 12.0. The van der Waals surface area contributed by atoms with Crippen molar-refractivity contribution in [1.82, 2.24) is 4.90 Å². The Morgan fingerprint density at radius 1 is 1.30 bits per heavy atom. The molecular formula is C13H14ClN3O3. The number of nitrogens with one attached hydrogen (secondary N) is 2. The highest BCUT2D eigenvalue weighted by atomic mass is 35.5. The standard InChI is InChI=1S/C13H14ClN3O3/c1-15-10-6-8(14)2-3-9(10)16-11-7-12(19)17(4-5-18)13(11)20/h2-3,6-7,15-16,18H,4-5H2,1H3. The third-order valence-electron chi connectivity index (χ3n) is 2.85. The van der Waals surface area contributed by atoms with Gasteiger partial charge in [0.2, 0.25) is 0 Å². The lowest BCUT2D eigenvalue weighted by Crippen LogP contribution is -2.34. The van der Waals surface area contributed by atoms with Crippen molar-refractivity contribution >= 4 is 34.8 Å². The maximum Gasteiger partial charge on any atom is 0.277 e. The van der Waals surface area contributed by atoms with Crippen LogP contribution in [0.15, 0.2) is 30.0 Å². The Hall–Kier alpha value is -2.05. The number of amides is 2. The van der Waals surface area contributed by atoms with E-state index < -0.39 is 11.8 Å². The number of imide groups is 1. The van der Waals surface area contributed by atoms with E-state index in [-0.39, 0.29) is 18.8 Å². The van der Waals surface area contributed by atoms with Gasteiger partial charge in [0.1, 0.15) is 5.70 Å². The number of benzene rings is 1. The van der Waals surface area contributed by atoms with Crippen LogP contribution in [0.4, 0.5) is 11.4 Å². The number of aliphatic hydroxyl groups excluding tert-OH is 1. The lowest BCUT2D eigenvalue weighted by atomic mass is 10.2. The summed E-state index contributed by atoms with van der Waals surface area (Å²) >= 11 is 5.89. The molecular weight excluding hydrogens is 282 g/mol. The van der Waals surface area contributed by atoms with Crippen LogP contribution in [0.5, 0.6) is 0 Å². The van der Waals surface area contributed by atoms with Crippen LogP contribution in [0.3, 0.4) is 0 Å². The molecule has 3 N–H and O–H groups in total. The third-order valence-corrected chi connectivity index (χ3v) is 3.09. The van der Waals surface area contributed by atoms with Gasteiger partial charge < -0.3 is 15.7 Å². The predicted octanol–water partition coefficient (Wildman–Crippen LogP) is 1.04. The number of anilines is 2. The zero-order valence-corrected chi connectivity index (χ0v) is 11.6. The van der Waals surface area contributed by atoms with Crippen LogP contribution < -0.4 is 10.6 Å². The van der Waals surface area contributed by atoms with E-state index in [2.05, 4.69) is 10.6 Å². The summed E-state index contributed by atoms with van der Waals surface area (Å²) in [4.78, 5) is 24.6. The smallest absolute Gasteiger partial charge is 0.277 e. The summed E-state index contributed by atoms with van der Waals surface area (Å²) in [6.45, 7) is -0.278. The van der Waals surface area contributed by atoms with Crippen molar-refractivity contribution in [3.8, 4) is 0 Å². The number of halogens is 1. The van der Waals surface area contributed by atoms with Gasteiger partial charge in [-0.3, -0.25) is 14.5 Å². The molecule has 0 unspecified atom stereocenters. The van der Waals surface area contributed by atoms with Gasteiger partial charge in [-0.05, 0) is 18.2 Å². The highest BCUT2D eigenvalue weighted by Gasteiger charge is 2.30. The molecule has 20 heavy (non-hydrogen) atoms. The summed E-state index contributed by atoms with van der Waals surface area (Å²) in [5.74, 6) is -0.896. The number of nitrogens with zero attached hydrogens (tertiary/aromatic N) is 1. The van der Waals surface area contributed by atoms with Crippen molar-refractivity contribution in [3.63, 3.8) is 0 Å². The molecule has 1 aliphatic heterocycles. The van der Waals surface area contributed by atoms with Gasteiger partial charge in [0.05, 0.1) is 24.5 Å². The first-order valence-electron chi connectivity index (χ1n) is 5.99. The fourth-order valence-electron chi connectivity index (χ4n) is 1.89. The van der Waals surface area contributed by atoms with E-state index in [0.29, 0.717) is 16.4 Å². The SMILES string of the molecule is CNc1cc(Cl)ccc1NC1=CC(=O)N(CCO)C1=O. The van der Waals surface area contributed by atoms with Crippen molar-refractivity contribution in [2.45, 2.75) is 0 Å². The van der Waals surface area contributed by atoms with E-state index in [0.717, 1.165) is 4.90 Å². The monoisotopic (exact) mass is 295 g/mol. The van der Waals surface area contributed by atoms with Crippen LogP contribution in [-0.4, -0.2) is 42.0 Å². The molecule has 0 radical (unpaired) electrons. The van der Waals surface area contributed by atoms with Crippen LogP contribution in [0.1, 0.15) is 0 Å². The highest BCUT2D eigenvalue weighted by Crippen LogP contribution is 2.27. The molecule has 2 amide bonds. The van der Waals surface area contributed by atoms with E-state index in [1.54, 1.807) is 25.2 Å². The molecule has 0 aliphatic carbocycles. The van der Waals surface area contributed by atoms with Gasteiger partial charge >= 0.3 is 0 Å². The zero-order chi connectivity index (χ0) is 14.7. The minimum absolute atomic E-state index is 0.0150. The summed E-state index contributed by atoms with van der Waals surface area (Å²) in [6, 6.07) is 5.09. The quantitative estimate of drug-likeness (QED) is 0.707. The minimum atomic E-state index is -0.457. The summed E-state index contributed by atoms with van der Waals surface area (Å²) in [6.07, 6.45) is 1.21. The average Bonchev–Trinajstić information content (AvgIpc) is 2.69. The number of hydrogen-bond donors (Lipinski definition) is 3. The van der Waals surface area contributed by atoms with Gasteiger partial charge in [-0.1, -0.05) is 11.6 Å². The van der Waals surface area contributed by atoms with Crippen molar-refractivity contribution in [2.24, 2.45) is 0 Å². The second kappa shape index (κ2) is 5.94. The van der Waals surface area contributed by atoms with Gasteiger partial charge in [-0.15, -0.1) is 0 Å². The summed E-state index contributed by atoms with van der Waals surface area (Å²) in [5, 5.41) is 15.2. The van der Waals surface area contributed by atoms with Gasteiger partial charge in [-0.25, -0.2) is 0 Å². The normalized spacial score (nSPS) is 14.6. The van der Waals surface area contributed by atoms with Crippen LogP contribution in [-0.2, 0) is 9.59 Å². The Morgan fingerprint density at radius 2 is 2.05 bits per heavy atom. The van der Waals surface area contributed by atoms with Crippen molar-refractivity contribution in [2.75, 3.05) is 30.8 Å². The van der Waals surface area contributed by atoms with Crippen molar-refractivity contribution in [3.05, 3.63) is 35.0 Å². The van der Waals surface area contributed by atoms with E-state index in [9.17, 15) is 9.59 Å². The first-order chi connectivity index (χ1) is 9.56. The second-order valence-corrected chi connectivity index (χ2v) is 4.58. The van der Waals surface area contributed by atoms with Gasteiger partial charge in [0.25, 0.3) is 11.8 Å². The topological polar surface area (TPSA) is 81.7 Å². The molecule has 0 spiro atoms. The Balaban J connectivity index is 2.21. The van der Waals surface area contributed by atoms with Crippen LogP contribution in [0.25, 0.3) is 0 Å². The van der Waals surface area contributed by atoms with E-state index in [1.807, 2.05) is 0 Å². The van der Waals surface area contributed by atoms with E-state index in [4.69, 9.17) is 16.7 Å². The van der Waals surface area contributed by atoms with E-state index >= 15 is 0 Å². The molecule has 7 heteroatoms. The number of hydrogen-bond acceptors (Lipinski definition) is 5. The summed E-state index contributed by atoms with van der Waals surface area (Å²) in [5.41, 5.74) is 1.51. The predicted molar refractivity (Wildman–Crippen MR) is 76.5 cm³/mol. The van der Waals surface area contributed by atoms with Gasteiger partial charge in [-0.2, -0.15) is 0 Å². The van der Waals surface area contributed by atoms with Crippen LogP contribution >= 0.6 is 11.6 Å². The molecule has 0 saturated heterocycles. The number of rotatable bonds is 5. The molecule has 0 saturated carbocycles. The van der Waals surface area contributed by atoms with Gasteiger partial charge in [0, 0.05) is 18.1 Å². The minimum Gasteiger partial charge on any atom is -0.395 e. The van der Waals surface area contributed by atoms with Gasteiger partial charge in [0.15, 0.2) is 0 Å². The molecule has 6 nitrogen and oxygen atoms in total. The molecule has 0 fully saturated rings. The van der Waals surface area contributed by atoms with Crippen molar-refractivity contribution < 1.29 is 14.7 Å². The first kappa shape index (κ1) is 14.4. The Kier molecular flexibility index (Phi) is 4.26. The fourth-order valence-corrected chi connectivity index (χ4v) is 2.06. The molecule has 106 valence electrons. The van der Waals surface area contributed by atoms with E-state index in [1.165, 1.54) is 6.08 Å². The fraction of sp³-hybridized carbons (Fsp3) is 0.231. The third kappa shape index (κ3) is 2.76. The second-order valence-electron chi connectivity index (χ2n) is 4.14. The lowest BCUT2D eigenvalue weighted by Gasteiger charge is -2.15. The maximum absolute atomic E-state index is 12.0. The Labute approximate surface area is 121 Å². The summed E-state index contributed by atoms with van der Waals surface area (Å²) in [7, 11) is 1.73. The largest absolute Gasteiger partial charge is 0.395 e. The van der Waals surface area contributed by atoms with Crippen LogP contribution in [0, 0.1) is 0 Å². The average molecular weight is 296 g/mol. The molecule has 0 atom stereocenters. The number of aliphatic hydroxyl groups is 1. The zero-order valence-electron chi connectivity index (χ0n) is 10.8. The molecule has 2 rings (SSSR count). The Morgan fingerprint density at radius 3 is 2.70 bits per heavy atom. The molecule has 1 aromatic carbocycles. The highest BCUT2D eigenvalue weighted by molar-refractivity contribution is 6.31. The first-order valence-corrected chi connectivity index (χ1v) is 6.37. The number of carbonyl (C=O) groups excluding carboxylic acids is 2. The van der Waals surface area contributed by atoms with Crippen LogP contribution in [0.2, 0.25) is 5.02 Å². The number of carbonyl (C=O) groups is 2. The summed E-state index contributed by atoms with van der Waals surface area (Å²) < 4.78 is 0. The molecule has 1 heterocycles.